The van der Waals surface area contributed by atoms with Crippen LogP contribution in [0.15, 0.2) is 12.3 Å². The van der Waals surface area contributed by atoms with Gasteiger partial charge in [0.1, 0.15) is 0 Å². The molecule has 0 aromatic carbocycles. The maximum absolute atomic E-state index is 4.47. The number of nitrogens with zero attached hydrogens (tertiary/aromatic N) is 4. The molecule has 0 bridgehead atoms. The molecule has 1 N–H and O–H groups in total. The molecule has 2 aromatic rings. The smallest absolute Gasteiger partial charge is 0.0629 e. The van der Waals surface area contributed by atoms with Crippen LogP contribution >= 0.6 is 0 Å². The summed E-state index contributed by atoms with van der Waals surface area (Å²) >= 11 is 0. The van der Waals surface area contributed by atoms with Crippen LogP contribution in [0.2, 0.25) is 0 Å². The van der Waals surface area contributed by atoms with E-state index in [4.69, 9.17) is 0 Å². The van der Waals surface area contributed by atoms with Crippen molar-refractivity contribution in [2.45, 2.75) is 26.3 Å². The lowest BCUT2D eigenvalue weighted by Gasteiger charge is -2.16. The molecule has 98 valence electrons. The zero-order chi connectivity index (χ0) is 13.3. The van der Waals surface area contributed by atoms with Crippen LogP contribution in [0.1, 0.15) is 28.7 Å². The molecule has 0 saturated heterocycles. The molecule has 0 saturated carbocycles. The third kappa shape index (κ3) is 2.18. The third-order valence-electron chi connectivity index (χ3n) is 3.63. The van der Waals surface area contributed by atoms with Crippen molar-refractivity contribution in [3.63, 3.8) is 0 Å². The average Bonchev–Trinajstić information content (AvgIpc) is 2.84. The van der Waals surface area contributed by atoms with Crippen LogP contribution in [-0.2, 0) is 20.5 Å². The Labute approximate surface area is 108 Å². The molecule has 2 heterocycles. The van der Waals surface area contributed by atoms with Crippen molar-refractivity contribution in [1.82, 2.24) is 24.9 Å². The van der Waals surface area contributed by atoms with Crippen molar-refractivity contribution in [1.29, 1.82) is 0 Å². The fourth-order valence-electron chi connectivity index (χ4n) is 2.40. The number of hydrogen-bond acceptors (Lipinski definition) is 3. The molecule has 1 unspecified atom stereocenters. The molecule has 5 heteroatoms. The van der Waals surface area contributed by atoms with Gasteiger partial charge >= 0.3 is 0 Å². The van der Waals surface area contributed by atoms with Gasteiger partial charge in [0.25, 0.3) is 0 Å². The first-order valence-electron chi connectivity index (χ1n) is 6.18. The molecule has 2 aromatic heterocycles. The molecular formula is C13H21N5. The number of rotatable bonds is 4. The maximum atomic E-state index is 4.47. The van der Waals surface area contributed by atoms with E-state index in [1.807, 2.05) is 36.7 Å². The molecule has 0 spiro atoms. The lowest BCUT2D eigenvalue weighted by Crippen LogP contribution is -2.22. The quantitative estimate of drug-likeness (QED) is 0.885. The summed E-state index contributed by atoms with van der Waals surface area (Å²) in [6.45, 7) is 4.18. The summed E-state index contributed by atoms with van der Waals surface area (Å²) < 4.78 is 3.86. The molecular weight excluding hydrogens is 226 g/mol. The minimum absolute atomic E-state index is 0.263. The van der Waals surface area contributed by atoms with Gasteiger partial charge in [-0.15, -0.1) is 0 Å². The summed E-state index contributed by atoms with van der Waals surface area (Å²) in [5.74, 6) is 0. The van der Waals surface area contributed by atoms with Gasteiger partial charge in [-0.1, -0.05) is 0 Å². The predicted molar refractivity (Wildman–Crippen MR) is 71.4 cm³/mol. The summed E-state index contributed by atoms with van der Waals surface area (Å²) in [6.07, 6.45) is 2.77. The minimum atomic E-state index is 0.263. The standard InChI is InChI=1S/C13H21N5/c1-9-11(10(2)17(4)16-9)8-12(14-3)13-6-7-15-18(13)5/h6-7,12,14H,8H2,1-5H3. The van der Waals surface area contributed by atoms with Gasteiger partial charge in [0.05, 0.1) is 17.4 Å². The highest BCUT2D eigenvalue weighted by Crippen LogP contribution is 2.21. The molecule has 0 aliphatic carbocycles. The van der Waals surface area contributed by atoms with Crippen molar-refractivity contribution in [3.05, 3.63) is 34.9 Å². The van der Waals surface area contributed by atoms with Gasteiger partial charge in [-0.25, -0.2) is 0 Å². The molecule has 1 atom stereocenters. The largest absolute Gasteiger partial charge is 0.311 e. The van der Waals surface area contributed by atoms with Gasteiger partial charge in [0.2, 0.25) is 0 Å². The van der Waals surface area contributed by atoms with Gasteiger partial charge in [-0.05, 0) is 38.9 Å². The van der Waals surface area contributed by atoms with Gasteiger partial charge < -0.3 is 5.32 Å². The number of aryl methyl sites for hydroxylation is 3. The summed E-state index contributed by atoms with van der Waals surface area (Å²) in [5.41, 5.74) is 4.85. The summed E-state index contributed by atoms with van der Waals surface area (Å²) in [7, 11) is 5.95. The van der Waals surface area contributed by atoms with Crippen LogP contribution in [-0.4, -0.2) is 26.6 Å². The zero-order valence-corrected chi connectivity index (χ0v) is 11.7. The van der Waals surface area contributed by atoms with Crippen molar-refractivity contribution < 1.29 is 0 Å². The SMILES string of the molecule is CNC(Cc1c(C)nn(C)c1C)c1ccnn1C. The second-order valence-corrected chi connectivity index (χ2v) is 4.70. The lowest BCUT2D eigenvalue weighted by atomic mass is 10.0. The number of aromatic nitrogens is 4. The Morgan fingerprint density at radius 2 is 2.00 bits per heavy atom. The Morgan fingerprint density at radius 3 is 2.44 bits per heavy atom. The number of hydrogen-bond donors (Lipinski definition) is 1. The Morgan fingerprint density at radius 1 is 1.28 bits per heavy atom. The van der Waals surface area contributed by atoms with Crippen LogP contribution in [0, 0.1) is 13.8 Å². The van der Waals surface area contributed by atoms with Gasteiger partial charge in [0, 0.05) is 26.0 Å². The first-order chi connectivity index (χ1) is 8.54. The summed E-state index contributed by atoms with van der Waals surface area (Å²) in [6, 6.07) is 2.32. The van der Waals surface area contributed by atoms with Crippen LogP contribution in [0.3, 0.4) is 0 Å². The molecule has 2 rings (SSSR count). The molecule has 0 fully saturated rings. The van der Waals surface area contributed by atoms with E-state index >= 15 is 0 Å². The van der Waals surface area contributed by atoms with E-state index < -0.39 is 0 Å². The first-order valence-corrected chi connectivity index (χ1v) is 6.18. The first kappa shape index (κ1) is 12.8. The van der Waals surface area contributed by atoms with E-state index in [-0.39, 0.29) is 6.04 Å². The number of nitrogens with one attached hydrogen (secondary N) is 1. The fraction of sp³-hybridized carbons (Fsp3) is 0.538. The Kier molecular flexibility index (Phi) is 3.52. The van der Waals surface area contributed by atoms with E-state index in [9.17, 15) is 0 Å². The van der Waals surface area contributed by atoms with E-state index in [1.165, 1.54) is 17.0 Å². The average molecular weight is 247 g/mol. The number of likely N-dealkylation sites (N-methyl/N-ethyl adjacent to an activating group) is 1. The Balaban J connectivity index is 2.29. The van der Waals surface area contributed by atoms with Crippen molar-refractivity contribution >= 4 is 0 Å². The van der Waals surface area contributed by atoms with Gasteiger partial charge in [-0.3, -0.25) is 9.36 Å². The molecule has 0 amide bonds. The highest BCUT2D eigenvalue weighted by Gasteiger charge is 2.18. The molecule has 0 aliphatic rings. The summed E-state index contributed by atoms with van der Waals surface area (Å²) in [5, 5.41) is 12.1. The van der Waals surface area contributed by atoms with E-state index in [2.05, 4.69) is 35.4 Å². The van der Waals surface area contributed by atoms with Crippen LogP contribution < -0.4 is 5.32 Å². The van der Waals surface area contributed by atoms with Crippen molar-refractivity contribution in [2.75, 3.05) is 7.05 Å². The fourth-order valence-corrected chi connectivity index (χ4v) is 2.40. The predicted octanol–water partition coefficient (Wildman–Crippen LogP) is 1.27. The molecule has 5 nitrogen and oxygen atoms in total. The zero-order valence-electron chi connectivity index (χ0n) is 11.7. The molecule has 18 heavy (non-hydrogen) atoms. The van der Waals surface area contributed by atoms with Gasteiger partial charge in [-0.2, -0.15) is 10.2 Å². The van der Waals surface area contributed by atoms with E-state index in [0.717, 1.165) is 12.1 Å². The second kappa shape index (κ2) is 4.94. The second-order valence-electron chi connectivity index (χ2n) is 4.70. The van der Waals surface area contributed by atoms with E-state index in [0.29, 0.717) is 0 Å². The highest BCUT2D eigenvalue weighted by molar-refractivity contribution is 5.27. The van der Waals surface area contributed by atoms with Gasteiger partial charge in [0.15, 0.2) is 0 Å². The maximum Gasteiger partial charge on any atom is 0.0629 e. The van der Waals surface area contributed by atoms with Crippen molar-refractivity contribution in [2.24, 2.45) is 14.1 Å². The summed E-state index contributed by atoms with van der Waals surface area (Å²) in [4.78, 5) is 0. The minimum Gasteiger partial charge on any atom is -0.311 e. The monoisotopic (exact) mass is 247 g/mol. The molecule has 0 aliphatic heterocycles. The topological polar surface area (TPSA) is 47.7 Å². The van der Waals surface area contributed by atoms with E-state index in [1.54, 1.807) is 0 Å². The normalized spacial score (nSPS) is 12.9. The van der Waals surface area contributed by atoms with Crippen LogP contribution in [0.25, 0.3) is 0 Å². The third-order valence-corrected chi connectivity index (χ3v) is 3.63. The van der Waals surface area contributed by atoms with Crippen LogP contribution in [0.4, 0.5) is 0 Å². The van der Waals surface area contributed by atoms with Crippen LogP contribution in [0.5, 0.6) is 0 Å². The Hall–Kier alpha value is -1.62. The van der Waals surface area contributed by atoms with Crippen molar-refractivity contribution in [3.8, 4) is 0 Å². The highest BCUT2D eigenvalue weighted by atomic mass is 15.3. The molecule has 0 radical (unpaired) electrons. The Bertz CT molecular complexity index is 538. The lowest BCUT2D eigenvalue weighted by molar-refractivity contribution is 0.535.